The number of fused-ring (bicyclic) bond motifs is 2. The molecule has 0 saturated carbocycles. The lowest BCUT2D eigenvalue weighted by Crippen LogP contribution is -2.11. The summed E-state index contributed by atoms with van der Waals surface area (Å²) >= 11 is 3.06. The molecule has 0 radical (unpaired) electrons. The van der Waals surface area contributed by atoms with Crippen LogP contribution in [0, 0.1) is 0 Å². The van der Waals surface area contributed by atoms with E-state index in [4.69, 9.17) is 0 Å². The molecule has 2 aromatic carbocycles. The van der Waals surface area contributed by atoms with Crippen molar-refractivity contribution in [3.05, 3.63) is 65.5 Å². The average Bonchev–Trinajstić information content (AvgIpc) is 3.37. The minimum Gasteiger partial charge on any atom is -0.324 e. The van der Waals surface area contributed by atoms with Crippen LogP contribution in [0.1, 0.15) is 9.67 Å². The van der Waals surface area contributed by atoms with Gasteiger partial charge in [0.2, 0.25) is 5.95 Å². The lowest BCUT2D eigenvalue weighted by molar-refractivity contribution is 0.103. The summed E-state index contributed by atoms with van der Waals surface area (Å²) in [4.78, 5) is 26.3. The number of thiazole rings is 1. The van der Waals surface area contributed by atoms with Crippen molar-refractivity contribution >= 4 is 55.8 Å². The minimum atomic E-state index is -0.179. The van der Waals surface area contributed by atoms with Crippen molar-refractivity contribution in [2.75, 3.05) is 5.32 Å². The Kier molecular flexibility index (Phi) is 3.55. The van der Waals surface area contributed by atoms with Gasteiger partial charge in [0.05, 0.1) is 31.0 Å². The second kappa shape index (κ2) is 6.05. The molecular weight excluding hydrogens is 364 g/mol. The van der Waals surface area contributed by atoms with Gasteiger partial charge in [0.25, 0.3) is 5.91 Å². The number of carbonyl (C=O) groups excluding carboxylic acids is 1. The van der Waals surface area contributed by atoms with Crippen LogP contribution >= 0.6 is 22.7 Å². The van der Waals surface area contributed by atoms with E-state index in [9.17, 15) is 4.79 Å². The molecule has 0 saturated heterocycles. The van der Waals surface area contributed by atoms with Gasteiger partial charge in [-0.2, -0.15) is 0 Å². The van der Waals surface area contributed by atoms with Crippen molar-refractivity contribution < 1.29 is 4.79 Å². The molecule has 26 heavy (non-hydrogen) atoms. The maximum Gasteiger partial charge on any atom is 0.268 e. The molecule has 0 aliphatic rings. The van der Waals surface area contributed by atoms with Gasteiger partial charge >= 0.3 is 0 Å². The van der Waals surface area contributed by atoms with Crippen molar-refractivity contribution in [1.82, 2.24) is 15.0 Å². The summed E-state index contributed by atoms with van der Waals surface area (Å²) in [6.45, 7) is 0. The third-order valence-electron chi connectivity index (χ3n) is 3.96. The number of imidazole rings is 1. The van der Waals surface area contributed by atoms with E-state index < -0.39 is 0 Å². The summed E-state index contributed by atoms with van der Waals surface area (Å²) in [6.07, 6.45) is 0. The van der Waals surface area contributed by atoms with Crippen LogP contribution in [-0.4, -0.2) is 20.9 Å². The number of thiophene rings is 1. The van der Waals surface area contributed by atoms with Crippen LogP contribution < -0.4 is 5.32 Å². The monoisotopic (exact) mass is 376 g/mol. The predicted molar refractivity (Wildman–Crippen MR) is 107 cm³/mol. The molecule has 0 atom stereocenters. The molecule has 1 amide bonds. The van der Waals surface area contributed by atoms with Gasteiger partial charge in [-0.15, -0.1) is 22.7 Å². The Morgan fingerprint density at radius 3 is 2.54 bits per heavy atom. The summed E-state index contributed by atoms with van der Waals surface area (Å²) in [5, 5.41) is 3.76. The van der Waals surface area contributed by atoms with E-state index in [0.29, 0.717) is 10.8 Å². The second-order valence-electron chi connectivity index (χ2n) is 5.71. The highest BCUT2D eigenvalue weighted by molar-refractivity contribution is 7.26. The summed E-state index contributed by atoms with van der Waals surface area (Å²) < 4.78 is 1.14. The Labute approximate surface area is 156 Å². The molecular formula is C19H12N4OS2. The number of aromatic amines is 1. The molecule has 5 rings (SSSR count). The molecule has 0 bridgehead atoms. The maximum absolute atomic E-state index is 12.5. The first-order valence-corrected chi connectivity index (χ1v) is 9.61. The van der Waals surface area contributed by atoms with Crippen molar-refractivity contribution in [3.63, 3.8) is 0 Å². The quantitative estimate of drug-likeness (QED) is 0.457. The number of amides is 1. The van der Waals surface area contributed by atoms with Crippen LogP contribution in [0.3, 0.4) is 0 Å². The number of carbonyl (C=O) groups is 1. The average molecular weight is 376 g/mol. The summed E-state index contributed by atoms with van der Waals surface area (Å²) in [6, 6.07) is 19.5. The molecule has 3 aromatic heterocycles. The Balaban J connectivity index is 1.41. The van der Waals surface area contributed by atoms with Crippen LogP contribution in [0.4, 0.5) is 5.95 Å². The number of benzene rings is 2. The first-order chi connectivity index (χ1) is 12.8. The van der Waals surface area contributed by atoms with E-state index in [1.807, 2.05) is 54.6 Å². The van der Waals surface area contributed by atoms with Gasteiger partial charge in [-0.3, -0.25) is 10.1 Å². The highest BCUT2D eigenvalue weighted by atomic mass is 32.1. The second-order valence-corrected chi connectivity index (χ2v) is 7.82. The molecule has 126 valence electrons. The van der Waals surface area contributed by atoms with E-state index in [1.54, 1.807) is 11.3 Å². The molecule has 0 unspecified atom stereocenters. The molecule has 5 nitrogen and oxygen atoms in total. The van der Waals surface area contributed by atoms with Gasteiger partial charge < -0.3 is 4.98 Å². The van der Waals surface area contributed by atoms with Crippen LogP contribution in [0.2, 0.25) is 0 Å². The van der Waals surface area contributed by atoms with Crippen molar-refractivity contribution in [1.29, 1.82) is 0 Å². The molecule has 7 heteroatoms. The Hall–Kier alpha value is -3.03. The number of nitrogens with one attached hydrogen (secondary N) is 2. The Morgan fingerprint density at radius 1 is 0.885 bits per heavy atom. The van der Waals surface area contributed by atoms with Crippen LogP contribution in [0.15, 0.2) is 60.7 Å². The Bertz CT molecular complexity index is 1180. The number of hydrogen-bond donors (Lipinski definition) is 2. The number of nitrogens with zero attached hydrogens (tertiary/aromatic N) is 2. The van der Waals surface area contributed by atoms with E-state index in [0.717, 1.165) is 31.1 Å². The third kappa shape index (κ3) is 2.67. The van der Waals surface area contributed by atoms with E-state index in [2.05, 4.69) is 26.3 Å². The van der Waals surface area contributed by atoms with Gasteiger partial charge in [0.15, 0.2) is 0 Å². The smallest absolute Gasteiger partial charge is 0.268 e. The fourth-order valence-corrected chi connectivity index (χ4v) is 4.66. The number of aromatic nitrogens is 3. The number of hydrogen-bond acceptors (Lipinski definition) is 5. The first-order valence-electron chi connectivity index (χ1n) is 7.98. The van der Waals surface area contributed by atoms with Crippen molar-refractivity contribution in [3.8, 4) is 9.88 Å². The standard InChI is InChI=1S/C19H12N4OS2/c24-17(23-19-21-11-5-1-2-6-12(11)22-19)15-9-10-16(25-15)18-20-13-7-3-4-8-14(13)26-18/h1-10H,(H2,21,22,23,24). The topological polar surface area (TPSA) is 70.7 Å². The number of H-pyrrole nitrogens is 1. The molecule has 5 aromatic rings. The molecule has 0 spiro atoms. The van der Waals surface area contributed by atoms with Crippen LogP contribution in [-0.2, 0) is 0 Å². The number of rotatable bonds is 3. The SMILES string of the molecule is O=C(Nc1nc2ccccc2[nH]1)c1ccc(-c2nc3ccccc3s2)s1. The predicted octanol–water partition coefficient (Wildman–Crippen LogP) is 5.15. The molecule has 3 heterocycles. The molecule has 0 aliphatic carbocycles. The lowest BCUT2D eigenvalue weighted by atomic mass is 10.3. The van der Waals surface area contributed by atoms with E-state index in [-0.39, 0.29) is 5.91 Å². The van der Waals surface area contributed by atoms with Crippen LogP contribution in [0.5, 0.6) is 0 Å². The lowest BCUT2D eigenvalue weighted by Gasteiger charge is -1.97. The van der Waals surface area contributed by atoms with Crippen molar-refractivity contribution in [2.45, 2.75) is 0 Å². The molecule has 0 fully saturated rings. The maximum atomic E-state index is 12.5. The Morgan fingerprint density at radius 2 is 1.69 bits per heavy atom. The summed E-state index contributed by atoms with van der Waals surface area (Å²) in [7, 11) is 0. The van der Waals surface area contributed by atoms with E-state index in [1.165, 1.54) is 11.3 Å². The van der Waals surface area contributed by atoms with E-state index >= 15 is 0 Å². The highest BCUT2D eigenvalue weighted by Gasteiger charge is 2.14. The highest BCUT2D eigenvalue weighted by Crippen LogP contribution is 2.34. The largest absolute Gasteiger partial charge is 0.324 e. The molecule has 0 aliphatic heterocycles. The molecule has 2 N–H and O–H groups in total. The normalized spacial score (nSPS) is 11.2. The minimum absolute atomic E-state index is 0.179. The fourth-order valence-electron chi connectivity index (χ4n) is 2.73. The van der Waals surface area contributed by atoms with Crippen molar-refractivity contribution in [2.24, 2.45) is 0 Å². The van der Waals surface area contributed by atoms with Gasteiger partial charge in [0.1, 0.15) is 5.01 Å². The zero-order valence-electron chi connectivity index (χ0n) is 13.4. The number of anilines is 1. The summed E-state index contributed by atoms with van der Waals surface area (Å²) in [5.74, 6) is 0.271. The fraction of sp³-hybridized carbons (Fsp3) is 0. The van der Waals surface area contributed by atoms with Gasteiger partial charge in [0, 0.05) is 0 Å². The summed E-state index contributed by atoms with van der Waals surface area (Å²) in [5.41, 5.74) is 2.70. The van der Waals surface area contributed by atoms with Gasteiger partial charge in [-0.1, -0.05) is 24.3 Å². The van der Waals surface area contributed by atoms with Crippen LogP contribution in [0.25, 0.3) is 31.1 Å². The first kappa shape index (κ1) is 15.2. The van der Waals surface area contributed by atoms with Gasteiger partial charge in [-0.05, 0) is 36.4 Å². The zero-order chi connectivity index (χ0) is 17.5. The number of para-hydroxylation sites is 3. The zero-order valence-corrected chi connectivity index (χ0v) is 15.0. The van der Waals surface area contributed by atoms with Gasteiger partial charge in [-0.25, -0.2) is 9.97 Å². The third-order valence-corrected chi connectivity index (χ3v) is 6.25.